The Bertz CT molecular complexity index is 845. The lowest BCUT2D eigenvalue weighted by atomic mass is 10.1. The van der Waals surface area contributed by atoms with Crippen LogP contribution in [0.2, 0.25) is 0 Å². The van der Waals surface area contributed by atoms with Crippen molar-refractivity contribution in [3.8, 4) is 0 Å². The van der Waals surface area contributed by atoms with Crippen LogP contribution >= 0.6 is 31.9 Å². The predicted molar refractivity (Wildman–Crippen MR) is 88.1 cm³/mol. The largest absolute Gasteiger partial charge is 0.360 e. The smallest absolute Gasteiger partial charge is 0.257 e. The summed E-state index contributed by atoms with van der Waals surface area (Å²) < 4.78 is 14.9. The standard InChI is InChI=1S/C15H9Br2FN2O/c16-12-5-10-11(7-19-14(10)6-13(12)17)15(21)20-9-3-1-2-8(18)4-9/h1-7,19H,(H,20,21). The number of anilines is 1. The van der Waals surface area contributed by atoms with E-state index < -0.39 is 5.82 Å². The number of nitrogens with one attached hydrogen (secondary N) is 2. The molecule has 6 heteroatoms. The van der Waals surface area contributed by atoms with E-state index in [0.717, 1.165) is 19.8 Å². The van der Waals surface area contributed by atoms with Gasteiger partial charge in [0, 0.05) is 31.7 Å². The Labute approximate surface area is 136 Å². The molecule has 0 aliphatic heterocycles. The first kappa shape index (κ1) is 14.3. The third-order valence-corrected chi connectivity index (χ3v) is 4.89. The van der Waals surface area contributed by atoms with Gasteiger partial charge in [-0.15, -0.1) is 0 Å². The molecule has 0 bridgehead atoms. The van der Waals surface area contributed by atoms with E-state index in [1.54, 1.807) is 18.3 Å². The number of rotatable bonds is 2. The van der Waals surface area contributed by atoms with Gasteiger partial charge < -0.3 is 10.3 Å². The molecule has 0 unspecified atom stereocenters. The molecule has 2 N–H and O–H groups in total. The van der Waals surface area contributed by atoms with Crippen molar-refractivity contribution in [3.63, 3.8) is 0 Å². The van der Waals surface area contributed by atoms with Crippen molar-refractivity contribution in [1.82, 2.24) is 4.98 Å². The number of amides is 1. The number of hydrogen-bond acceptors (Lipinski definition) is 1. The monoisotopic (exact) mass is 410 g/mol. The van der Waals surface area contributed by atoms with Crippen molar-refractivity contribution in [2.45, 2.75) is 0 Å². The van der Waals surface area contributed by atoms with E-state index >= 15 is 0 Å². The molecule has 0 saturated heterocycles. The molecule has 0 aliphatic carbocycles. The summed E-state index contributed by atoms with van der Waals surface area (Å²) in [6, 6.07) is 9.54. The van der Waals surface area contributed by atoms with Crippen LogP contribution in [0, 0.1) is 5.82 Å². The highest BCUT2D eigenvalue weighted by Gasteiger charge is 2.14. The van der Waals surface area contributed by atoms with Gasteiger partial charge in [-0.25, -0.2) is 4.39 Å². The summed E-state index contributed by atoms with van der Waals surface area (Å²) in [7, 11) is 0. The van der Waals surface area contributed by atoms with E-state index in [4.69, 9.17) is 0 Å². The second kappa shape index (κ2) is 5.61. The lowest BCUT2D eigenvalue weighted by Crippen LogP contribution is -2.11. The van der Waals surface area contributed by atoms with E-state index in [2.05, 4.69) is 42.2 Å². The highest BCUT2D eigenvalue weighted by Crippen LogP contribution is 2.30. The molecule has 1 aromatic heterocycles. The molecule has 3 nitrogen and oxygen atoms in total. The first-order valence-electron chi connectivity index (χ1n) is 6.07. The van der Waals surface area contributed by atoms with Crippen LogP contribution in [-0.2, 0) is 0 Å². The molecule has 0 spiro atoms. The zero-order valence-corrected chi connectivity index (χ0v) is 13.8. The van der Waals surface area contributed by atoms with E-state index in [1.807, 2.05) is 12.1 Å². The number of fused-ring (bicyclic) bond motifs is 1. The van der Waals surface area contributed by atoms with Crippen LogP contribution in [0.4, 0.5) is 10.1 Å². The van der Waals surface area contributed by atoms with Gasteiger partial charge in [0.25, 0.3) is 5.91 Å². The van der Waals surface area contributed by atoms with Crippen molar-refractivity contribution in [2.75, 3.05) is 5.32 Å². The zero-order chi connectivity index (χ0) is 15.0. The number of hydrogen-bond donors (Lipinski definition) is 2. The summed E-state index contributed by atoms with van der Waals surface area (Å²) in [5, 5.41) is 3.48. The Morgan fingerprint density at radius 1 is 1.14 bits per heavy atom. The fourth-order valence-corrected chi connectivity index (χ4v) is 2.76. The third-order valence-electron chi connectivity index (χ3n) is 3.05. The van der Waals surface area contributed by atoms with Gasteiger partial charge in [0.05, 0.1) is 5.56 Å². The van der Waals surface area contributed by atoms with Crippen LogP contribution < -0.4 is 5.32 Å². The van der Waals surface area contributed by atoms with Crippen LogP contribution in [-0.4, -0.2) is 10.9 Å². The fraction of sp³-hybridized carbons (Fsp3) is 0. The number of aromatic nitrogens is 1. The minimum absolute atomic E-state index is 0.291. The van der Waals surface area contributed by atoms with E-state index in [9.17, 15) is 9.18 Å². The maximum absolute atomic E-state index is 13.1. The van der Waals surface area contributed by atoms with Crippen molar-refractivity contribution in [3.05, 3.63) is 62.9 Å². The van der Waals surface area contributed by atoms with Crippen LogP contribution in [0.15, 0.2) is 51.5 Å². The Hall–Kier alpha value is -1.66. The Morgan fingerprint density at radius 2 is 1.90 bits per heavy atom. The number of halogens is 3. The van der Waals surface area contributed by atoms with Crippen molar-refractivity contribution < 1.29 is 9.18 Å². The molecular weight excluding hydrogens is 403 g/mol. The minimum Gasteiger partial charge on any atom is -0.360 e. The molecule has 0 saturated carbocycles. The van der Waals surface area contributed by atoms with Crippen molar-refractivity contribution in [1.29, 1.82) is 0 Å². The van der Waals surface area contributed by atoms with Gasteiger partial charge in [-0.3, -0.25) is 4.79 Å². The Balaban J connectivity index is 1.96. The lowest BCUT2D eigenvalue weighted by molar-refractivity contribution is 0.102. The second-order valence-electron chi connectivity index (χ2n) is 4.48. The third kappa shape index (κ3) is 2.87. The topological polar surface area (TPSA) is 44.9 Å². The number of aromatic amines is 1. The molecule has 3 aromatic rings. The minimum atomic E-state index is -0.390. The first-order valence-corrected chi connectivity index (χ1v) is 7.66. The zero-order valence-electron chi connectivity index (χ0n) is 10.6. The molecule has 1 heterocycles. The summed E-state index contributed by atoms with van der Waals surface area (Å²) in [6.45, 7) is 0. The highest BCUT2D eigenvalue weighted by atomic mass is 79.9. The Morgan fingerprint density at radius 3 is 2.67 bits per heavy atom. The first-order chi connectivity index (χ1) is 10.0. The van der Waals surface area contributed by atoms with Gasteiger partial charge in [-0.2, -0.15) is 0 Å². The number of carbonyl (C=O) groups excluding carboxylic acids is 1. The summed E-state index contributed by atoms with van der Waals surface area (Å²) in [4.78, 5) is 15.4. The number of H-pyrrole nitrogens is 1. The molecule has 0 fully saturated rings. The van der Waals surface area contributed by atoms with Crippen molar-refractivity contribution >= 4 is 54.4 Å². The molecule has 0 radical (unpaired) electrons. The van der Waals surface area contributed by atoms with Gasteiger partial charge >= 0.3 is 0 Å². The van der Waals surface area contributed by atoms with Gasteiger partial charge in [-0.1, -0.05) is 6.07 Å². The SMILES string of the molecule is O=C(Nc1cccc(F)c1)c1c[nH]c2cc(Br)c(Br)cc12. The molecule has 2 aromatic carbocycles. The van der Waals surface area contributed by atoms with E-state index in [0.29, 0.717) is 11.3 Å². The quantitative estimate of drug-likeness (QED) is 0.606. The van der Waals surface area contributed by atoms with Gasteiger partial charge in [0.1, 0.15) is 5.82 Å². The summed E-state index contributed by atoms with van der Waals surface area (Å²) in [5.74, 6) is -0.681. The summed E-state index contributed by atoms with van der Waals surface area (Å²) >= 11 is 6.83. The Kier molecular flexibility index (Phi) is 3.82. The van der Waals surface area contributed by atoms with Gasteiger partial charge in [-0.05, 0) is 62.2 Å². The summed E-state index contributed by atoms with van der Waals surface area (Å²) in [5.41, 5.74) is 1.77. The maximum Gasteiger partial charge on any atom is 0.257 e. The van der Waals surface area contributed by atoms with Crippen LogP contribution in [0.25, 0.3) is 10.9 Å². The fourth-order valence-electron chi connectivity index (χ4n) is 2.07. The average Bonchev–Trinajstić information content (AvgIpc) is 2.82. The van der Waals surface area contributed by atoms with Crippen LogP contribution in [0.5, 0.6) is 0 Å². The van der Waals surface area contributed by atoms with Gasteiger partial charge in [0.15, 0.2) is 0 Å². The number of benzene rings is 2. The summed E-state index contributed by atoms with van der Waals surface area (Å²) in [6.07, 6.45) is 1.64. The highest BCUT2D eigenvalue weighted by molar-refractivity contribution is 9.13. The van der Waals surface area contributed by atoms with Crippen LogP contribution in [0.3, 0.4) is 0 Å². The molecule has 3 rings (SSSR count). The molecule has 0 atom stereocenters. The van der Waals surface area contributed by atoms with Crippen LogP contribution in [0.1, 0.15) is 10.4 Å². The molecular formula is C15H9Br2FN2O. The maximum atomic E-state index is 13.1. The van der Waals surface area contributed by atoms with Crippen molar-refractivity contribution in [2.24, 2.45) is 0 Å². The normalized spacial score (nSPS) is 10.8. The second-order valence-corrected chi connectivity index (χ2v) is 6.19. The molecule has 0 aliphatic rings. The molecule has 106 valence electrons. The molecule has 1 amide bonds. The molecule has 21 heavy (non-hydrogen) atoms. The number of carbonyl (C=O) groups is 1. The predicted octanol–water partition coefficient (Wildman–Crippen LogP) is 5.08. The van der Waals surface area contributed by atoms with Gasteiger partial charge in [0.2, 0.25) is 0 Å². The van der Waals surface area contributed by atoms with E-state index in [-0.39, 0.29) is 5.91 Å². The lowest BCUT2D eigenvalue weighted by Gasteiger charge is -2.05. The van der Waals surface area contributed by atoms with E-state index in [1.165, 1.54) is 12.1 Å². The average molecular weight is 412 g/mol.